The summed E-state index contributed by atoms with van der Waals surface area (Å²) in [7, 11) is 1.37. The third kappa shape index (κ3) is 4.96. The lowest BCUT2D eigenvalue weighted by Crippen LogP contribution is -2.43. The van der Waals surface area contributed by atoms with Crippen molar-refractivity contribution >= 4 is 29.1 Å². The van der Waals surface area contributed by atoms with Gasteiger partial charge in [-0.25, -0.2) is 4.79 Å². The molecule has 1 fully saturated rings. The van der Waals surface area contributed by atoms with Gasteiger partial charge in [-0.1, -0.05) is 11.8 Å². The van der Waals surface area contributed by atoms with Crippen molar-refractivity contribution < 1.29 is 9.53 Å². The highest BCUT2D eigenvalue weighted by Crippen LogP contribution is 2.18. The number of hydrogen-bond donors (Lipinski definition) is 1. The van der Waals surface area contributed by atoms with E-state index in [1.54, 1.807) is 17.4 Å². The molecule has 3 rings (SSSR count). The van der Waals surface area contributed by atoms with Gasteiger partial charge in [-0.3, -0.25) is 0 Å². The number of piperazine rings is 1. The zero-order valence-corrected chi connectivity index (χ0v) is 14.9. The number of rotatable bonds is 3. The third-order valence-corrected chi connectivity index (χ3v) is 4.86. The van der Waals surface area contributed by atoms with E-state index in [4.69, 9.17) is 0 Å². The van der Waals surface area contributed by atoms with Crippen molar-refractivity contribution in [1.29, 1.82) is 0 Å². The second-order valence-corrected chi connectivity index (χ2v) is 6.71. The van der Waals surface area contributed by atoms with Gasteiger partial charge in [0, 0.05) is 48.4 Å². The fraction of sp³-hybridized carbons (Fsp3) is 0.250. The molecule has 0 unspecified atom stereocenters. The third-order valence-electron chi connectivity index (χ3n) is 3.89. The molecule has 5 heteroatoms. The topological polar surface area (TPSA) is 41.6 Å². The predicted octanol–water partition coefficient (Wildman–Crippen LogP) is 2.74. The van der Waals surface area contributed by atoms with Crippen LogP contribution in [0.5, 0.6) is 0 Å². The van der Waals surface area contributed by atoms with E-state index < -0.39 is 0 Å². The second-order valence-electron chi connectivity index (χ2n) is 5.59. The Hall–Kier alpha value is -2.55. The molecule has 1 N–H and O–H groups in total. The van der Waals surface area contributed by atoms with Gasteiger partial charge in [0.25, 0.3) is 0 Å². The lowest BCUT2D eigenvalue weighted by molar-refractivity contribution is -0.134. The molecule has 0 bridgehead atoms. The quantitative estimate of drug-likeness (QED) is 0.524. The minimum absolute atomic E-state index is 0.356. The minimum Gasteiger partial charge on any atom is -0.466 e. The normalized spacial score (nSPS) is 14.2. The molecule has 0 saturated carbocycles. The van der Waals surface area contributed by atoms with Crippen molar-refractivity contribution in [2.75, 3.05) is 38.2 Å². The summed E-state index contributed by atoms with van der Waals surface area (Å²) in [6.07, 6.45) is 3.15. The van der Waals surface area contributed by atoms with E-state index in [1.807, 2.05) is 12.1 Å². The van der Waals surface area contributed by atoms with Gasteiger partial charge >= 0.3 is 5.97 Å². The molecule has 0 aliphatic carbocycles. The molecule has 0 atom stereocenters. The molecular formula is C20H20N2O2S. The second kappa shape index (κ2) is 8.52. The molecular weight excluding hydrogens is 332 g/mol. The Morgan fingerprint density at radius 3 is 2.64 bits per heavy atom. The van der Waals surface area contributed by atoms with Crippen molar-refractivity contribution in [3.63, 3.8) is 0 Å². The molecule has 1 aliphatic heterocycles. The van der Waals surface area contributed by atoms with Crippen LogP contribution in [0.15, 0.2) is 42.5 Å². The molecule has 2 aromatic rings. The first-order valence-electron chi connectivity index (χ1n) is 8.18. The molecule has 1 saturated heterocycles. The Morgan fingerprint density at radius 2 is 1.92 bits per heavy atom. The van der Waals surface area contributed by atoms with Gasteiger partial charge in [-0.15, -0.1) is 11.3 Å². The summed E-state index contributed by atoms with van der Waals surface area (Å²) in [5.74, 6) is 6.02. The van der Waals surface area contributed by atoms with E-state index in [1.165, 1.54) is 18.9 Å². The Morgan fingerprint density at radius 1 is 1.16 bits per heavy atom. The number of carbonyl (C=O) groups is 1. The van der Waals surface area contributed by atoms with Crippen LogP contribution in [0.2, 0.25) is 0 Å². The Bertz CT molecular complexity index is 806. The van der Waals surface area contributed by atoms with E-state index in [9.17, 15) is 4.79 Å². The number of nitrogens with zero attached hydrogens (tertiary/aromatic N) is 1. The van der Waals surface area contributed by atoms with Gasteiger partial charge in [0.1, 0.15) is 0 Å². The monoisotopic (exact) mass is 352 g/mol. The molecule has 4 nitrogen and oxygen atoms in total. The maximum Gasteiger partial charge on any atom is 0.330 e. The van der Waals surface area contributed by atoms with Crippen LogP contribution in [-0.4, -0.2) is 39.3 Å². The highest BCUT2D eigenvalue weighted by molar-refractivity contribution is 7.13. The SMILES string of the molecule is COC(=O)/C=C/c1ccc(C#Cc2ccc(N3CCNCC3)cc2)s1. The van der Waals surface area contributed by atoms with E-state index in [2.05, 4.69) is 51.1 Å². The number of ether oxygens (including phenoxy) is 1. The van der Waals surface area contributed by atoms with Gasteiger partial charge in [-0.2, -0.15) is 0 Å². The van der Waals surface area contributed by atoms with Crippen molar-refractivity contribution in [3.05, 3.63) is 57.8 Å². The number of hydrogen-bond acceptors (Lipinski definition) is 5. The zero-order valence-electron chi connectivity index (χ0n) is 14.1. The number of benzene rings is 1. The van der Waals surface area contributed by atoms with Crippen molar-refractivity contribution in [2.24, 2.45) is 0 Å². The van der Waals surface area contributed by atoms with Gasteiger partial charge in [0.05, 0.1) is 12.0 Å². The van der Waals surface area contributed by atoms with Crippen LogP contribution in [0.3, 0.4) is 0 Å². The summed E-state index contributed by atoms with van der Waals surface area (Å²) in [5.41, 5.74) is 2.25. The van der Waals surface area contributed by atoms with Crippen molar-refractivity contribution in [1.82, 2.24) is 5.32 Å². The summed E-state index contributed by atoms with van der Waals surface area (Å²) in [4.78, 5) is 15.4. The van der Waals surface area contributed by atoms with Crippen molar-refractivity contribution in [2.45, 2.75) is 0 Å². The molecule has 1 aromatic heterocycles. The number of anilines is 1. The predicted molar refractivity (Wildman–Crippen MR) is 103 cm³/mol. The number of esters is 1. The molecule has 2 heterocycles. The largest absolute Gasteiger partial charge is 0.466 e. The van der Waals surface area contributed by atoms with E-state index >= 15 is 0 Å². The van der Waals surface area contributed by atoms with Crippen molar-refractivity contribution in [3.8, 4) is 11.8 Å². The summed E-state index contributed by atoms with van der Waals surface area (Å²) in [5, 5.41) is 3.36. The van der Waals surface area contributed by atoms with Crippen LogP contribution in [0, 0.1) is 11.8 Å². The molecule has 0 spiro atoms. The Kier molecular flexibility index (Phi) is 5.89. The summed E-state index contributed by atoms with van der Waals surface area (Å²) in [6.45, 7) is 4.16. The number of thiophene rings is 1. The lowest BCUT2D eigenvalue weighted by Gasteiger charge is -2.29. The van der Waals surface area contributed by atoms with Crippen LogP contribution in [0.25, 0.3) is 6.08 Å². The lowest BCUT2D eigenvalue weighted by atomic mass is 10.2. The molecule has 0 amide bonds. The van der Waals surface area contributed by atoms with Crippen LogP contribution >= 0.6 is 11.3 Å². The number of methoxy groups -OCH3 is 1. The van der Waals surface area contributed by atoms with E-state index in [-0.39, 0.29) is 5.97 Å². The average molecular weight is 352 g/mol. The molecule has 1 aromatic carbocycles. The maximum absolute atomic E-state index is 11.1. The summed E-state index contributed by atoms with van der Waals surface area (Å²) >= 11 is 1.55. The Labute approximate surface area is 152 Å². The van der Waals surface area contributed by atoms with Gasteiger partial charge in [0.2, 0.25) is 0 Å². The smallest absolute Gasteiger partial charge is 0.330 e. The maximum atomic E-state index is 11.1. The molecule has 0 radical (unpaired) electrons. The van der Waals surface area contributed by atoms with Gasteiger partial charge in [0.15, 0.2) is 0 Å². The fourth-order valence-corrected chi connectivity index (χ4v) is 3.30. The van der Waals surface area contributed by atoms with E-state index in [0.29, 0.717) is 0 Å². The Balaban J connectivity index is 1.64. The van der Waals surface area contributed by atoms with Crippen LogP contribution < -0.4 is 10.2 Å². The number of nitrogens with one attached hydrogen (secondary N) is 1. The molecule has 1 aliphatic rings. The zero-order chi connectivity index (χ0) is 17.5. The first-order valence-corrected chi connectivity index (χ1v) is 9.00. The first-order chi connectivity index (χ1) is 12.2. The average Bonchev–Trinajstić information content (AvgIpc) is 3.13. The summed E-state index contributed by atoms with van der Waals surface area (Å²) in [6, 6.07) is 12.3. The van der Waals surface area contributed by atoms with Gasteiger partial charge < -0.3 is 15.0 Å². The van der Waals surface area contributed by atoms with Crippen LogP contribution in [0.1, 0.15) is 15.3 Å². The van der Waals surface area contributed by atoms with Crippen LogP contribution in [-0.2, 0) is 9.53 Å². The van der Waals surface area contributed by atoms with Gasteiger partial charge in [-0.05, 0) is 42.5 Å². The fourth-order valence-electron chi connectivity index (χ4n) is 2.54. The standard InChI is InChI=1S/C20H20N2O2S/c1-24-20(23)11-10-19-9-8-18(25-19)7-4-16-2-5-17(6-3-16)22-14-12-21-13-15-22/h2-3,5-6,8-11,21H,12-15H2,1H3/b11-10+. The highest BCUT2D eigenvalue weighted by Gasteiger charge is 2.09. The minimum atomic E-state index is -0.356. The highest BCUT2D eigenvalue weighted by atomic mass is 32.1. The van der Waals surface area contributed by atoms with Crippen LogP contribution in [0.4, 0.5) is 5.69 Å². The first kappa shape index (κ1) is 17.3. The molecule has 128 valence electrons. The number of carbonyl (C=O) groups excluding carboxylic acids is 1. The van der Waals surface area contributed by atoms with E-state index in [0.717, 1.165) is 41.5 Å². The molecule has 25 heavy (non-hydrogen) atoms. The summed E-state index contributed by atoms with van der Waals surface area (Å²) < 4.78 is 4.58.